The van der Waals surface area contributed by atoms with Crippen molar-refractivity contribution in [3.63, 3.8) is 0 Å². The van der Waals surface area contributed by atoms with Gasteiger partial charge in [-0.05, 0) is 69.5 Å². The van der Waals surface area contributed by atoms with Crippen molar-refractivity contribution in [2.45, 2.75) is 45.1 Å². The van der Waals surface area contributed by atoms with Gasteiger partial charge in [-0.25, -0.2) is 9.37 Å². The third-order valence-electron chi connectivity index (χ3n) is 6.28. The van der Waals surface area contributed by atoms with Gasteiger partial charge in [-0.15, -0.1) is 0 Å². The maximum Gasteiger partial charge on any atom is 0.237 e. The van der Waals surface area contributed by atoms with Crippen molar-refractivity contribution in [3.05, 3.63) is 65.2 Å². The molecule has 1 unspecified atom stereocenters. The number of aryl methyl sites for hydroxylation is 1. The van der Waals surface area contributed by atoms with Gasteiger partial charge in [0.15, 0.2) is 5.82 Å². The van der Waals surface area contributed by atoms with Gasteiger partial charge in [-0.2, -0.15) is 0 Å². The molecule has 0 aliphatic carbocycles. The number of aromatic nitrogens is 2. The Bertz CT molecular complexity index is 1020. The summed E-state index contributed by atoms with van der Waals surface area (Å²) in [5, 5.41) is 3.08. The number of benzene rings is 2. The van der Waals surface area contributed by atoms with Crippen LogP contribution in [0.15, 0.2) is 42.5 Å². The molecule has 1 amide bonds. The Morgan fingerprint density at radius 1 is 1.23 bits per heavy atom. The highest BCUT2D eigenvalue weighted by Crippen LogP contribution is 2.29. The lowest BCUT2D eigenvalue weighted by molar-refractivity contribution is -0.126. The van der Waals surface area contributed by atoms with Crippen LogP contribution in [-0.2, 0) is 11.2 Å². The van der Waals surface area contributed by atoms with Crippen LogP contribution in [0.4, 0.5) is 4.39 Å². The quantitative estimate of drug-likeness (QED) is 0.650. The third kappa shape index (κ3) is 4.38. The molecule has 2 aromatic carbocycles. The predicted molar refractivity (Wildman–Crippen MR) is 117 cm³/mol. The molecule has 158 valence electrons. The fourth-order valence-electron chi connectivity index (χ4n) is 4.29. The number of H-pyrrole nitrogens is 1. The molecule has 1 aliphatic heterocycles. The molecule has 1 aliphatic rings. The largest absolute Gasteiger partial charge is 0.354 e. The summed E-state index contributed by atoms with van der Waals surface area (Å²) in [4.78, 5) is 22.6. The molecule has 1 aromatic heterocycles. The summed E-state index contributed by atoms with van der Waals surface area (Å²) < 4.78 is 13.9. The minimum Gasteiger partial charge on any atom is -0.354 e. The maximum absolute atomic E-state index is 13.9. The van der Waals surface area contributed by atoms with Crippen molar-refractivity contribution >= 4 is 16.9 Å². The van der Waals surface area contributed by atoms with Gasteiger partial charge in [0, 0.05) is 12.5 Å². The van der Waals surface area contributed by atoms with Crippen LogP contribution in [0.25, 0.3) is 11.0 Å². The molecule has 1 fully saturated rings. The number of imidazole rings is 1. The summed E-state index contributed by atoms with van der Waals surface area (Å²) in [7, 11) is 0. The number of aromatic amines is 1. The summed E-state index contributed by atoms with van der Waals surface area (Å²) in [6.07, 6.45) is 2.65. The predicted octanol–water partition coefficient (Wildman–Crippen LogP) is 3.94. The number of halogens is 1. The van der Waals surface area contributed by atoms with E-state index in [-0.39, 0.29) is 23.7 Å². The van der Waals surface area contributed by atoms with Crippen LogP contribution < -0.4 is 5.32 Å². The first-order valence-electron chi connectivity index (χ1n) is 10.7. The number of hydrogen-bond acceptors (Lipinski definition) is 3. The second kappa shape index (κ2) is 8.96. The lowest BCUT2D eigenvalue weighted by Gasteiger charge is -2.34. The summed E-state index contributed by atoms with van der Waals surface area (Å²) in [6, 6.07) is 13.1. The molecule has 1 atom stereocenters. The number of piperidine rings is 1. The van der Waals surface area contributed by atoms with Gasteiger partial charge in [-0.1, -0.05) is 30.3 Å². The molecule has 1 saturated heterocycles. The normalized spacial score (nSPS) is 16.6. The van der Waals surface area contributed by atoms with Gasteiger partial charge in [0.05, 0.1) is 11.6 Å². The molecule has 2 N–H and O–H groups in total. The van der Waals surface area contributed by atoms with E-state index in [1.165, 1.54) is 17.2 Å². The lowest BCUT2D eigenvalue weighted by Crippen LogP contribution is -2.48. The van der Waals surface area contributed by atoms with Gasteiger partial charge in [0.1, 0.15) is 11.3 Å². The number of para-hydroxylation sites is 1. The second-order valence-electron chi connectivity index (χ2n) is 8.21. The molecule has 4 rings (SSSR count). The lowest BCUT2D eigenvalue weighted by atomic mass is 9.95. The van der Waals surface area contributed by atoms with E-state index in [2.05, 4.69) is 39.2 Å². The van der Waals surface area contributed by atoms with Gasteiger partial charge < -0.3 is 10.3 Å². The first-order chi connectivity index (χ1) is 14.5. The molecular weight excluding hydrogens is 379 g/mol. The van der Waals surface area contributed by atoms with Crippen LogP contribution in [-0.4, -0.2) is 46.5 Å². The molecule has 2 heterocycles. The standard InChI is InChI=1S/C24H29FN4O/c1-16-6-3-4-7-18(16)10-13-26-24(30)17(2)29-14-11-19(12-15-29)23-27-21-9-5-8-20(25)22(21)28-23/h3-9,17,19H,10-15H2,1-2H3,(H,26,30)(H,27,28). The zero-order chi connectivity index (χ0) is 21.1. The molecule has 0 radical (unpaired) electrons. The van der Waals surface area contributed by atoms with Gasteiger partial charge in [0.2, 0.25) is 5.91 Å². The Labute approximate surface area is 176 Å². The molecule has 3 aromatic rings. The van der Waals surface area contributed by atoms with E-state index in [0.29, 0.717) is 12.1 Å². The smallest absolute Gasteiger partial charge is 0.237 e. The fraction of sp³-hybridized carbons (Fsp3) is 0.417. The Morgan fingerprint density at radius 2 is 2.00 bits per heavy atom. The summed E-state index contributed by atoms with van der Waals surface area (Å²) >= 11 is 0. The number of carbonyl (C=O) groups is 1. The second-order valence-corrected chi connectivity index (χ2v) is 8.21. The Balaban J connectivity index is 1.28. The molecule has 0 saturated carbocycles. The van der Waals surface area contributed by atoms with Crippen molar-refractivity contribution in [2.24, 2.45) is 0 Å². The van der Waals surface area contributed by atoms with Crippen molar-refractivity contribution in [1.29, 1.82) is 0 Å². The number of rotatable bonds is 6. The van der Waals surface area contributed by atoms with Crippen LogP contribution in [0.5, 0.6) is 0 Å². The van der Waals surface area contributed by atoms with E-state index >= 15 is 0 Å². The van der Waals surface area contributed by atoms with Gasteiger partial charge in [-0.3, -0.25) is 9.69 Å². The van der Waals surface area contributed by atoms with E-state index in [1.54, 1.807) is 6.07 Å². The number of carbonyl (C=O) groups excluding carboxylic acids is 1. The zero-order valence-electron chi connectivity index (χ0n) is 17.6. The third-order valence-corrected chi connectivity index (χ3v) is 6.28. The minimum atomic E-state index is -0.288. The van der Waals surface area contributed by atoms with Crippen LogP contribution in [0.2, 0.25) is 0 Å². The Kier molecular flexibility index (Phi) is 6.13. The molecule has 6 heteroatoms. The van der Waals surface area contributed by atoms with E-state index in [9.17, 15) is 9.18 Å². The zero-order valence-corrected chi connectivity index (χ0v) is 17.6. The number of nitrogens with zero attached hydrogens (tertiary/aromatic N) is 2. The average Bonchev–Trinajstić information content (AvgIpc) is 3.20. The SMILES string of the molecule is Cc1ccccc1CCNC(=O)C(C)N1CCC(c2nc3c(F)cccc3[nH]2)CC1. The first kappa shape index (κ1) is 20.5. The van der Waals surface area contributed by atoms with E-state index in [4.69, 9.17) is 0 Å². The van der Waals surface area contributed by atoms with Crippen molar-refractivity contribution in [2.75, 3.05) is 19.6 Å². The highest BCUT2D eigenvalue weighted by molar-refractivity contribution is 5.81. The van der Waals surface area contributed by atoms with Gasteiger partial charge >= 0.3 is 0 Å². The van der Waals surface area contributed by atoms with Crippen molar-refractivity contribution in [3.8, 4) is 0 Å². The Hall–Kier alpha value is -2.73. The number of nitrogens with one attached hydrogen (secondary N) is 2. The molecular formula is C24H29FN4O. The minimum absolute atomic E-state index is 0.0767. The van der Waals surface area contributed by atoms with Crippen molar-refractivity contribution < 1.29 is 9.18 Å². The number of likely N-dealkylation sites (tertiary alicyclic amines) is 1. The number of amides is 1. The summed E-state index contributed by atoms with van der Waals surface area (Å²) in [5.41, 5.74) is 3.69. The fourth-order valence-corrected chi connectivity index (χ4v) is 4.29. The molecule has 0 bridgehead atoms. The van der Waals surface area contributed by atoms with E-state index in [0.717, 1.165) is 43.7 Å². The monoisotopic (exact) mass is 408 g/mol. The summed E-state index contributed by atoms with van der Waals surface area (Å²) in [6.45, 7) is 6.38. The summed E-state index contributed by atoms with van der Waals surface area (Å²) in [5.74, 6) is 0.908. The van der Waals surface area contributed by atoms with Crippen LogP contribution >= 0.6 is 0 Å². The molecule has 30 heavy (non-hydrogen) atoms. The van der Waals surface area contributed by atoms with Gasteiger partial charge in [0.25, 0.3) is 0 Å². The maximum atomic E-state index is 13.9. The average molecular weight is 409 g/mol. The molecule has 0 spiro atoms. The number of hydrogen-bond donors (Lipinski definition) is 2. The highest BCUT2D eigenvalue weighted by Gasteiger charge is 2.28. The Morgan fingerprint density at radius 3 is 2.73 bits per heavy atom. The molecule has 5 nitrogen and oxygen atoms in total. The van der Waals surface area contributed by atoms with Crippen LogP contribution in [0.1, 0.15) is 42.6 Å². The highest BCUT2D eigenvalue weighted by atomic mass is 19.1. The van der Waals surface area contributed by atoms with Crippen LogP contribution in [0.3, 0.4) is 0 Å². The van der Waals surface area contributed by atoms with Crippen molar-refractivity contribution in [1.82, 2.24) is 20.2 Å². The van der Waals surface area contributed by atoms with E-state index in [1.807, 2.05) is 25.1 Å². The van der Waals surface area contributed by atoms with Crippen LogP contribution in [0, 0.1) is 12.7 Å². The number of fused-ring (bicyclic) bond motifs is 1. The van der Waals surface area contributed by atoms with E-state index < -0.39 is 0 Å². The first-order valence-corrected chi connectivity index (χ1v) is 10.7. The topological polar surface area (TPSA) is 61.0 Å².